The van der Waals surface area contributed by atoms with Crippen LogP contribution < -0.4 is 10.9 Å². The largest absolute Gasteiger partial charge is 0.347 e. The number of carbonyl (C=O) groups excluding carboxylic acids is 1. The van der Waals surface area contributed by atoms with Crippen molar-refractivity contribution in [1.29, 1.82) is 0 Å². The average molecular weight is 390 g/mol. The van der Waals surface area contributed by atoms with Crippen molar-refractivity contribution >= 4 is 16.7 Å². The van der Waals surface area contributed by atoms with Gasteiger partial charge in [-0.3, -0.25) is 9.59 Å². The number of hydrogen-bond acceptors (Lipinski definition) is 4. The van der Waals surface area contributed by atoms with E-state index in [1.54, 1.807) is 0 Å². The van der Waals surface area contributed by atoms with E-state index in [0.29, 0.717) is 12.2 Å². The van der Waals surface area contributed by atoms with Crippen LogP contribution in [0.1, 0.15) is 56.3 Å². The summed E-state index contributed by atoms with van der Waals surface area (Å²) in [5, 5.41) is 13.7. The molecule has 1 aliphatic carbocycles. The average Bonchev–Trinajstić information content (AvgIpc) is 3.28. The molecule has 1 amide bonds. The van der Waals surface area contributed by atoms with Gasteiger partial charge in [0.05, 0.1) is 6.04 Å². The number of hydrogen-bond donors (Lipinski definition) is 2. The van der Waals surface area contributed by atoms with E-state index in [1.807, 2.05) is 37.3 Å². The van der Waals surface area contributed by atoms with Crippen LogP contribution in [0.5, 0.6) is 0 Å². The van der Waals surface area contributed by atoms with Crippen molar-refractivity contribution in [3.8, 4) is 11.4 Å². The van der Waals surface area contributed by atoms with E-state index >= 15 is 0 Å². The number of aromatic nitrogens is 3. The number of fused-ring (bicyclic) bond motifs is 1. The van der Waals surface area contributed by atoms with Crippen LogP contribution >= 0.6 is 0 Å². The molecule has 150 valence electrons. The molecule has 1 heterocycles. The Kier molecular flexibility index (Phi) is 5.43. The number of aromatic amines is 1. The maximum Gasteiger partial charge on any atom is 0.275 e. The molecule has 1 aromatic heterocycles. The van der Waals surface area contributed by atoms with Gasteiger partial charge in [0, 0.05) is 11.5 Å². The highest BCUT2D eigenvalue weighted by Gasteiger charge is 2.26. The lowest BCUT2D eigenvalue weighted by molar-refractivity contribution is -0.125. The number of H-pyrrole nitrogens is 1. The van der Waals surface area contributed by atoms with Crippen molar-refractivity contribution in [3.05, 3.63) is 58.0 Å². The Labute approximate surface area is 169 Å². The summed E-state index contributed by atoms with van der Waals surface area (Å²) in [4.78, 5) is 28.2. The van der Waals surface area contributed by atoms with Gasteiger partial charge in [0.2, 0.25) is 5.91 Å². The highest BCUT2D eigenvalue weighted by atomic mass is 16.2. The number of nitrogens with zero attached hydrogens (tertiary/aromatic N) is 2. The number of nitrogens with one attached hydrogen (secondary N) is 2. The van der Waals surface area contributed by atoms with Gasteiger partial charge in [0.1, 0.15) is 0 Å². The summed E-state index contributed by atoms with van der Waals surface area (Å²) in [5.74, 6) is 0.505. The minimum atomic E-state index is -0.428. The zero-order valence-electron chi connectivity index (χ0n) is 16.9. The van der Waals surface area contributed by atoms with Crippen molar-refractivity contribution < 1.29 is 4.79 Å². The van der Waals surface area contributed by atoms with Crippen molar-refractivity contribution in [2.45, 2.75) is 52.0 Å². The predicted molar refractivity (Wildman–Crippen MR) is 113 cm³/mol. The van der Waals surface area contributed by atoms with Crippen molar-refractivity contribution in [1.82, 2.24) is 20.5 Å². The first-order valence-corrected chi connectivity index (χ1v) is 10.3. The Morgan fingerprint density at radius 2 is 1.86 bits per heavy atom. The molecule has 4 rings (SSSR count). The Morgan fingerprint density at radius 1 is 1.14 bits per heavy atom. The van der Waals surface area contributed by atoms with Crippen molar-refractivity contribution in [2.75, 3.05) is 0 Å². The van der Waals surface area contributed by atoms with E-state index in [4.69, 9.17) is 0 Å². The fourth-order valence-corrected chi connectivity index (χ4v) is 4.19. The summed E-state index contributed by atoms with van der Waals surface area (Å²) in [6, 6.07) is 11.6. The Morgan fingerprint density at radius 3 is 2.55 bits per heavy atom. The molecule has 2 N–H and O–H groups in total. The van der Waals surface area contributed by atoms with E-state index in [2.05, 4.69) is 33.5 Å². The third-order valence-corrected chi connectivity index (χ3v) is 5.90. The first-order valence-electron chi connectivity index (χ1n) is 10.3. The van der Waals surface area contributed by atoms with Gasteiger partial charge >= 0.3 is 0 Å². The first kappa shape index (κ1) is 19.3. The summed E-state index contributed by atoms with van der Waals surface area (Å²) in [7, 11) is 0. The summed E-state index contributed by atoms with van der Waals surface area (Å²) in [6.07, 6.45) is 4.61. The van der Waals surface area contributed by atoms with E-state index in [-0.39, 0.29) is 23.1 Å². The molecule has 3 aromatic rings. The number of rotatable bonds is 5. The zero-order valence-corrected chi connectivity index (χ0v) is 16.9. The lowest BCUT2D eigenvalue weighted by Crippen LogP contribution is -2.36. The molecular weight excluding hydrogens is 364 g/mol. The van der Waals surface area contributed by atoms with Gasteiger partial charge in [-0.2, -0.15) is 0 Å². The Balaban J connectivity index is 1.65. The molecule has 1 aliphatic rings. The Bertz CT molecular complexity index is 1100. The van der Waals surface area contributed by atoms with Crippen LogP contribution in [0.15, 0.2) is 41.2 Å². The highest BCUT2D eigenvalue weighted by Crippen LogP contribution is 2.28. The maximum atomic E-state index is 12.8. The Hall–Kier alpha value is -3.02. The normalized spacial score (nSPS) is 15.5. The van der Waals surface area contributed by atoms with E-state index in [0.717, 1.165) is 47.6 Å². The molecule has 0 spiro atoms. The molecule has 1 atom stereocenters. The summed E-state index contributed by atoms with van der Waals surface area (Å²) >= 11 is 0. The van der Waals surface area contributed by atoms with E-state index in [9.17, 15) is 9.59 Å². The number of amides is 1. The highest BCUT2D eigenvalue weighted by molar-refractivity contribution is 5.96. The molecule has 0 aliphatic heterocycles. The molecule has 1 fully saturated rings. The molecule has 6 heteroatoms. The van der Waals surface area contributed by atoms with E-state index < -0.39 is 6.04 Å². The van der Waals surface area contributed by atoms with Crippen LogP contribution in [0.2, 0.25) is 0 Å². The minimum absolute atomic E-state index is 0.0177. The zero-order chi connectivity index (χ0) is 20.4. The van der Waals surface area contributed by atoms with Crippen molar-refractivity contribution in [3.63, 3.8) is 0 Å². The number of benzene rings is 2. The van der Waals surface area contributed by atoms with E-state index in [1.165, 1.54) is 0 Å². The molecule has 2 aromatic carbocycles. The van der Waals surface area contributed by atoms with Crippen LogP contribution in [0.25, 0.3) is 22.2 Å². The van der Waals surface area contributed by atoms with Crippen LogP contribution in [-0.2, 0) is 4.79 Å². The minimum Gasteiger partial charge on any atom is -0.347 e. The van der Waals surface area contributed by atoms with Gasteiger partial charge in [-0.1, -0.05) is 56.2 Å². The quantitative estimate of drug-likeness (QED) is 0.688. The first-order chi connectivity index (χ1) is 14.1. The molecule has 0 radical (unpaired) electrons. The fraction of sp³-hybridized carbons (Fsp3) is 0.391. The fourth-order valence-electron chi connectivity index (χ4n) is 4.19. The van der Waals surface area contributed by atoms with Gasteiger partial charge in [-0.05, 0) is 42.5 Å². The van der Waals surface area contributed by atoms with Crippen LogP contribution in [0.4, 0.5) is 0 Å². The lowest BCUT2D eigenvalue weighted by Gasteiger charge is -2.18. The smallest absolute Gasteiger partial charge is 0.275 e. The molecule has 6 nitrogen and oxygen atoms in total. The van der Waals surface area contributed by atoms with Gasteiger partial charge in [-0.25, -0.2) is 0 Å². The van der Waals surface area contributed by atoms with Gasteiger partial charge in [0.15, 0.2) is 11.5 Å². The van der Waals surface area contributed by atoms with Gasteiger partial charge in [-0.15, -0.1) is 10.2 Å². The topological polar surface area (TPSA) is 87.7 Å². The lowest BCUT2D eigenvalue weighted by atomic mass is 10.00. The second-order valence-electron chi connectivity index (χ2n) is 7.81. The number of aryl methyl sites for hydroxylation is 1. The van der Waals surface area contributed by atoms with Gasteiger partial charge < -0.3 is 10.3 Å². The second kappa shape index (κ2) is 8.15. The van der Waals surface area contributed by atoms with Gasteiger partial charge in [0.25, 0.3) is 5.56 Å². The molecule has 0 bridgehead atoms. The molecule has 1 saturated carbocycles. The van der Waals surface area contributed by atoms with Crippen molar-refractivity contribution in [2.24, 2.45) is 5.92 Å². The molecule has 1 unspecified atom stereocenters. The van der Waals surface area contributed by atoms with Crippen LogP contribution in [-0.4, -0.2) is 21.1 Å². The third kappa shape index (κ3) is 3.79. The summed E-state index contributed by atoms with van der Waals surface area (Å²) in [5.41, 5.74) is 1.96. The molecule has 29 heavy (non-hydrogen) atoms. The summed E-state index contributed by atoms with van der Waals surface area (Å²) < 4.78 is 0. The summed E-state index contributed by atoms with van der Waals surface area (Å²) in [6.45, 7) is 3.99. The maximum absolute atomic E-state index is 12.8. The SMILES string of the molecule is CCC(NC(=O)C1CCCC1)c1nnc(-c2ccc(C)c3ccccc23)[nH]c1=O. The monoisotopic (exact) mass is 390 g/mol. The molecular formula is C23H26N4O2. The predicted octanol–water partition coefficient (Wildman–Crippen LogP) is 4.05. The number of carbonyl (C=O) groups is 1. The van der Waals surface area contributed by atoms with Crippen LogP contribution in [0, 0.1) is 12.8 Å². The van der Waals surface area contributed by atoms with Crippen LogP contribution in [0.3, 0.4) is 0 Å². The third-order valence-electron chi connectivity index (χ3n) is 5.90. The second-order valence-corrected chi connectivity index (χ2v) is 7.81. The molecule has 0 saturated heterocycles. The standard InChI is InChI=1S/C23H26N4O2/c1-3-19(24-22(28)15-8-4-5-9-15)20-23(29)25-21(27-26-20)18-13-12-14(2)16-10-6-7-11-17(16)18/h6-7,10-13,15,19H,3-5,8-9H2,1-2H3,(H,24,28)(H,25,27,29).